The third-order valence-corrected chi connectivity index (χ3v) is 7.41. The highest BCUT2D eigenvalue weighted by molar-refractivity contribution is 7.19. The van der Waals surface area contributed by atoms with Gasteiger partial charge in [0.1, 0.15) is 29.6 Å². The van der Waals surface area contributed by atoms with Gasteiger partial charge in [-0.1, -0.05) is 12.1 Å². The summed E-state index contributed by atoms with van der Waals surface area (Å²) < 4.78 is 20.3. The lowest BCUT2D eigenvalue weighted by molar-refractivity contribution is 0.106. The monoisotopic (exact) mass is 442 g/mol. The number of ether oxygens (including phenoxy) is 1. The summed E-state index contributed by atoms with van der Waals surface area (Å²) in [6.07, 6.45) is -0.248. The van der Waals surface area contributed by atoms with E-state index < -0.39 is 12.4 Å². The number of nitrogens with one attached hydrogen (secondary N) is 2. The molecule has 4 heterocycles. The van der Waals surface area contributed by atoms with E-state index in [4.69, 9.17) is 10.5 Å². The number of halogens is 1. The second-order valence-electron chi connectivity index (χ2n) is 8.45. The van der Waals surface area contributed by atoms with Crippen molar-refractivity contribution >= 4 is 27.2 Å². The molecule has 1 aromatic carbocycles. The molecule has 2 aliphatic heterocycles. The Morgan fingerprint density at radius 3 is 3.06 bits per heavy atom. The second kappa shape index (κ2) is 8.35. The van der Waals surface area contributed by atoms with Crippen LogP contribution in [0.3, 0.4) is 0 Å². The first-order chi connectivity index (χ1) is 15.0. The molecule has 31 heavy (non-hydrogen) atoms. The fraction of sp³-hybridized carbons (Fsp3) is 0.435. The van der Waals surface area contributed by atoms with Crippen molar-refractivity contribution in [1.29, 1.82) is 0 Å². The maximum absolute atomic E-state index is 14.3. The van der Waals surface area contributed by atoms with Crippen LogP contribution in [-0.2, 0) is 6.42 Å². The number of fused-ring (bicyclic) bond motifs is 2. The number of alkyl halides is 1. The Labute approximate surface area is 184 Å². The molecule has 4 atom stereocenters. The van der Waals surface area contributed by atoms with Crippen LogP contribution in [0.25, 0.3) is 10.2 Å². The Bertz CT molecular complexity index is 1100. The van der Waals surface area contributed by atoms with E-state index in [0.29, 0.717) is 23.7 Å². The van der Waals surface area contributed by atoms with Gasteiger partial charge in [-0.15, -0.1) is 11.3 Å². The predicted octanol–water partition coefficient (Wildman–Crippen LogP) is 3.19. The number of nitrogens with zero attached hydrogens (tertiary/aromatic N) is 1. The van der Waals surface area contributed by atoms with E-state index in [1.54, 1.807) is 0 Å². The number of aryl methyl sites for hydroxylation is 1. The number of nitrogens with two attached hydrogens (primary N) is 1. The third-order valence-electron chi connectivity index (χ3n) is 6.24. The first-order valence-electron chi connectivity index (χ1n) is 10.7. The smallest absolute Gasteiger partial charge is 0.142 e. The van der Waals surface area contributed by atoms with Crippen LogP contribution >= 0.6 is 11.3 Å². The number of aromatic nitrogens is 1. The zero-order valence-corrected chi connectivity index (χ0v) is 18.2. The highest BCUT2D eigenvalue weighted by atomic mass is 32.1. The molecule has 1 unspecified atom stereocenters. The van der Waals surface area contributed by atoms with E-state index in [2.05, 4.69) is 15.6 Å². The number of pyridine rings is 1. The molecule has 0 aliphatic carbocycles. The van der Waals surface area contributed by atoms with Crippen LogP contribution in [0, 0.1) is 6.92 Å². The number of rotatable bonds is 4. The molecule has 2 aliphatic rings. The molecule has 1 fully saturated rings. The van der Waals surface area contributed by atoms with Gasteiger partial charge in [0.2, 0.25) is 0 Å². The van der Waals surface area contributed by atoms with Gasteiger partial charge in [-0.2, -0.15) is 0 Å². The summed E-state index contributed by atoms with van der Waals surface area (Å²) >= 11 is 1.41. The lowest BCUT2D eigenvalue weighted by atomic mass is 9.87. The van der Waals surface area contributed by atoms with Crippen LogP contribution in [0.2, 0.25) is 0 Å². The Balaban J connectivity index is 1.29. The van der Waals surface area contributed by atoms with Crippen molar-refractivity contribution < 1.29 is 14.2 Å². The first kappa shape index (κ1) is 20.6. The molecule has 0 amide bonds. The largest absolute Gasteiger partial charge is 0.492 e. The minimum absolute atomic E-state index is 0.0551. The van der Waals surface area contributed by atoms with Gasteiger partial charge >= 0.3 is 0 Å². The van der Waals surface area contributed by atoms with Crippen LogP contribution in [0.15, 0.2) is 30.3 Å². The van der Waals surface area contributed by atoms with Crippen molar-refractivity contribution in [2.75, 3.05) is 25.4 Å². The normalized spacial score (nSPS) is 24.5. The van der Waals surface area contributed by atoms with Crippen molar-refractivity contribution in [3.63, 3.8) is 0 Å². The number of hydrogen-bond donors (Lipinski definition) is 4. The number of nitrogen functional groups attached to an aromatic ring is 1. The summed E-state index contributed by atoms with van der Waals surface area (Å²) in [6.45, 7) is 3.61. The minimum Gasteiger partial charge on any atom is -0.492 e. The van der Waals surface area contributed by atoms with Crippen LogP contribution in [0.4, 0.5) is 10.1 Å². The molecule has 0 bridgehead atoms. The number of hydrogen-bond acceptors (Lipinski definition) is 7. The summed E-state index contributed by atoms with van der Waals surface area (Å²) in [5, 5.41) is 18.0. The lowest BCUT2D eigenvalue weighted by Gasteiger charge is -2.31. The molecule has 0 radical (unpaired) electrons. The topological polar surface area (TPSA) is 92.4 Å². The Hall–Kier alpha value is -2.26. The molecular formula is C23H27FN4O2S. The first-order valence-corrected chi connectivity index (χ1v) is 11.5. The van der Waals surface area contributed by atoms with Gasteiger partial charge in [-0.25, -0.2) is 9.37 Å². The van der Waals surface area contributed by atoms with Gasteiger partial charge in [-0.05, 0) is 55.6 Å². The Morgan fingerprint density at radius 1 is 1.35 bits per heavy atom. The van der Waals surface area contributed by atoms with E-state index in [1.165, 1.54) is 11.3 Å². The molecule has 0 spiro atoms. The molecule has 8 heteroatoms. The number of aliphatic hydroxyl groups excluding tert-OH is 1. The zero-order chi connectivity index (χ0) is 21.5. The highest BCUT2D eigenvalue weighted by Gasteiger charge is 2.29. The van der Waals surface area contributed by atoms with Gasteiger partial charge in [-0.3, -0.25) is 5.32 Å². The maximum Gasteiger partial charge on any atom is 0.142 e. The van der Waals surface area contributed by atoms with Crippen molar-refractivity contribution in [2.24, 2.45) is 0 Å². The zero-order valence-electron chi connectivity index (χ0n) is 17.4. The number of piperidine rings is 1. The average Bonchev–Trinajstić information content (AvgIpc) is 3.09. The Morgan fingerprint density at radius 2 is 2.23 bits per heavy atom. The summed E-state index contributed by atoms with van der Waals surface area (Å²) in [7, 11) is 0. The molecule has 164 valence electrons. The van der Waals surface area contributed by atoms with E-state index in [-0.39, 0.29) is 12.0 Å². The number of aliphatic hydroxyl groups is 1. The van der Waals surface area contributed by atoms with E-state index >= 15 is 0 Å². The van der Waals surface area contributed by atoms with Gasteiger partial charge in [0.05, 0.1) is 10.6 Å². The molecule has 3 aromatic rings. The summed E-state index contributed by atoms with van der Waals surface area (Å²) in [5.74, 6) is 0.734. The van der Waals surface area contributed by atoms with E-state index in [1.807, 2.05) is 37.3 Å². The van der Waals surface area contributed by atoms with Crippen molar-refractivity contribution in [3.8, 4) is 5.75 Å². The van der Waals surface area contributed by atoms with Crippen LogP contribution in [0.1, 0.15) is 40.3 Å². The molecule has 6 nitrogen and oxygen atoms in total. The standard InChI is InChI=1S/C23H27FN4O2S/c1-12-2-5-17-20(25)21(31-23(17)27-12)22(29)28-15-8-14-4-3-13(9-19(14)30-11-15)16-6-7-26-10-18(16)24/h2-5,9,15-16,18,22,26,28-29H,6-8,10-11,25H2,1H3/t15-,16-,18+,22?/m1/s1. The molecule has 1 saturated heterocycles. The fourth-order valence-corrected chi connectivity index (χ4v) is 5.62. The predicted molar refractivity (Wildman–Crippen MR) is 121 cm³/mol. The summed E-state index contributed by atoms with van der Waals surface area (Å²) in [6, 6.07) is 9.84. The molecule has 5 rings (SSSR count). The van der Waals surface area contributed by atoms with Crippen molar-refractivity contribution in [1.82, 2.24) is 15.6 Å². The quantitative estimate of drug-likeness (QED) is 0.464. The maximum atomic E-state index is 14.3. The molecule has 2 aromatic heterocycles. The molecular weight excluding hydrogens is 415 g/mol. The molecule has 5 N–H and O–H groups in total. The van der Waals surface area contributed by atoms with Gasteiger partial charge in [0.15, 0.2) is 0 Å². The third kappa shape index (κ3) is 4.01. The molecule has 0 saturated carbocycles. The van der Waals surface area contributed by atoms with Crippen LogP contribution in [0.5, 0.6) is 5.75 Å². The van der Waals surface area contributed by atoms with Gasteiger partial charge in [0, 0.05) is 29.6 Å². The highest BCUT2D eigenvalue weighted by Crippen LogP contribution is 2.37. The fourth-order valence-electron chi connectivity index (χ4n) is 4.53. The minimum atomic E-state index is -0.893. The van der Waals surface area contributed by atoms with E-state index in [9.17, 15) is 9.50 Å². The van der Waals surface area contributed by atoms with Crippen LogP contribution < -0.4 is 21.1 Å². The Kier molecular flexibility index (Phi) is 5.56. The second-order valence-corrected chi connectivity index (χ2v) is 9.48. The van der Waals surface area contributed by atoms with Crippen LogP contribution in [-0.4, -0.2) is 42.0 Å². The summed E-state index contributed by atoms with van der Waals surface area (Å²) in [5.41, 5.74) is 9.82. The van der Waals surface area contributed by atoms with Crippen molar-refractivity contribution in [3.05, 3.63) is 52.0 Å². The number of benzene rings is 1. The lowest BCUT2D eigenvalue weighted by Crippen LogP contribution is -2.41. The number of thiophene rings is 1. The van der Waals surface area contributed by atoms with Gasteiger partial charge < -0.3 is 20.9 Å². The SMILES string of the molecule is Cc1ccc2c(N)c(C(O)N[C@H]3COc4cc([C@H]5CCNC[C@@H]5F)ccc4C3)sc2n1. The van der Waals surface area contributed by atoms with Gasteiger partial charge in [0.25, 0.3) is 0 Å². The summed E-state index contributed by atoms with van der Waals surface area (Å²) in [4.78, 5) is 6.02. The average molecular weight is 443 g/mol. The van der Waals surface area contributed by atoms with Crippen molar-refractivity contribution in [2.45, 2.75) is 44.1 Å². The number of anilines is 1. The van der Waals surface area contributed by atoms with E-state index in [0.717, 1.165) is 52.2 Å².